The zero-order valence-electron chi connectivity index (χ0n) is 16.7. The van der Waals surface area contributed by atoms with Gasteiger partial charge in [-0.25, -0.2) is 0 Å². The highest BCUT2D eigenvalue weighted by molar-refractivity contribution is 5.78. The molecule has 0 unspecified atom stereocenters. The number of carbonyl (C=O) groups is 1. The first-order valence-electron chi connectivity index (χ1n) is 9.81. The fraction of sp³-hybridized carbons (Fsp3) is 0.800. The molecule has 2 rings (SSSR count). The predicted molar refractivity (Wildman–Crippen MR) is 99.9 cm³/mol. The van der Waals surface area contributed by atoms with E-state index >= 15 is 0 Å². The van der Waals surface area contributed by atoms with Gasteiger partial charge in [-0.1, -0.05) is 39.8 Å². The van der Waals surface area contributed by atoms with Crippen molar-refractivity contribution in [1.82, 2.24) is 10.5 Å². The van der Waals surface area contributed by atoms with Crippen molar-refractivity contribution in [3.63, 3.8) is 0 Å². The van der Waals surface area contributed by atoms with Crippen molar-refractivity contribution in [2.24, 2.45) is 5.92 Å². The lowest BCUT2D eigenvalue weighted by Crippen LogP contribution is -2.47. The Bertz CT molecular complexity index is 575. The highest BCUT2D eigenvalue weighted by Crippen LogP contribution is 2.26. The fourth-order valence-electron chi connectivity index (χ4n) is 3.28. The summed E-state index contributed by atoms with van der Waals surface area (Å²) in [5.74, 6) is 0.925. The molecule has 1 fully saturated rings. The van der Waals surface area contributed by atoms with Gasteiger partial charge < -0.3 is 19.7 Å². The van der Waals surface area contributed by atoms with Crippen LogP contribution in [0, 0.1) is 5.92 Å². The van der Waals surface area contributed by atoms with Crippen LogP contribution in [0.15, 0.2) is 10.6 Å². The van der Waals surface area contributed by atoms with Gasteiger partial charge in [-0.2, -0.15) is 0 Å². The van der Waals surface area contributed by atoms with Gasteiger partial charge in [0.15, 0.2) is 0 Å². The number of amides is 1. The Hall–Kier alpha value is -1.40. The van der Waals surface area contributed by atoms with Gasteiger partial charge >= 0.3 is 0 Å². The van der Waals surface area contributed by atoms with E-state index in [2.05, 4.69) is 31.2 Å². The number of nitrogens with one attached hydrogen (secondary N) is 1. The molecular weight excluding hydrogens is 332 g/mol. The van der Waals surface area contributed by atoms with Crippen LogP contribution in [0.3, 0.4) is 0 Å². The van der Waals surface area contributed by atoms with E-state index < -0.39 is 6.10 Å². The molecule has 0 bridgehead atoms. The Balaban J connectivity index is 1.89. The minimum atomic E-state index is -0.546. The minimum Gasteiger partial charge on any atom is -0.390 e. The van der Waals surface area contributed by atoms with Crippen LogP contribution >= 0.6 is 0 Å². The molecule has 1 aromatic heterocycles. The lowest BCUT2D eigenvalue weighted by Gasteiger charge is -2.34. The molecule has 1 saturated heterocycles. The number of hydrogen-bond acceptors (Lipinski definition) is 5. The number of carbonyl (C=O) groups excluding carboxylic acids is 1. The van der Waals surface area contributed by atoms with Crippen molar-refractivity contribution in [3.8, 4) is 0 Å². The van der Waals surface area contributed by atoms with Crippen molar-refractivity contribution < 1.29 is 19.2 Å². The zero-order valence-corrected chi connectivity index (χ0v) is 16.7. The molecule has 3 atom stereocenters. The average molecular weight is 367 g/mol. The summed E-state index contributed by atoms with van der Waals surface area (Å²) < 4.78 is 11.5. The van der Waals surface area contributed by atoms with Gasteiger partial charge in [-0.15, -0.1) is 0 Å². The SMILES string of the molecule is CCC(CC)C(=O)NC[C@H]1O[C@H](Cc2cc(C(C)(C)C)on2)CC[C@@H]1O. The summed E-state index contributed by atoms with van der Waals surface area (Å²) in [6, 6.07) is 1.98. The van der Waals surface area contributed by atoms with E-state index in [-0.39, 0.29) is 29.4 Å². The normalized spacial score (nSPS) is 24.0. The first-order chi connectivity index (χ1) is 12.2. The maximum atomic E-state index is 12.2. The summed E-state index contributed by atoms with van der Waals surface area (Å²) in [7, 11) is 0. The van der Waals surface area contributed by atoms with E-state index in [0.29, 0.717) is 19.4 Å². The van der Waals surface area contributed by atoms with Crippen molar-refractivity contribution in [1.29, 1.82) is 0 Å². The summed E-state index contributed by atoms with van der Waals surface area (Å²) in [4.78, 5) is 12.2. The number of rotatable bonds is 7. The van der Waals surface area contributed by atoms with Crippen LogP contribution < -0.4 is 5.32 Å². The number of nitrogens with zero attached hydrogens (tertiary/aromatic N) is 1. The Kier molecular flexibility index (Phi) is 7.24. The Morgan fingerprint density at radius 2 is 2.04 bits per heavy atom. The first kappa shape index (κ1) is 20.9. The molecule has 6 nitrogen and oxygen atoms in total. The van der Waals surface area contributed by atoms with Gasteiger partial charge in [0, 0.05) is 30.4 Å². The second kappa shape index (κ2) is 9.00. The summed E-state index contributed by atoms with van der Waals surface area (Å²) in [6.07, 6.45) is 2.80. The van der Waals surface area contributed by atoms with Crippen molar-refractivity contribution >= 4 is 5.91 Å². The molecule has 0 aliphatic carbocycles. The van der Waals surface area contributed by atoms with Crippen LogP contribution in [-0.4, -0.2) is 41.0 Å². The zero-order chi connectivity index (χ0) is 19.3. The topological polar surface area (TPSA) is 84.6 Å². The quantitative estimate of drug-likeness (QED) is 0.775. The molecule has 6 heteroatoms. The Morgan fingerprint density at radius 3 is 2.62 bits per heavy atom. The lowest BCUT2D eigenvalue weighted by molar-refractivity contribution is -0.132. The van der Waals surface area contributed by atoms with Crippen molar-refractivity contribution in [3.05, 3.63) is 17.5 Å². The summed E-state index contributed by atoms with van der Waals surface area (Å²) in [5.41, 5.74) is 0.799. The molecule has 1 aliphatic heterocycles. The monoisotopic (exact) mass is 366 g/mol. The molecule has 0 spiro atoms. The summed E-state index contributed by atoms with van der Waals surface area (Å²) >= 11 is 0. The van der Waals surface area contributed by atoms with Crippen LogP contribution in [0.2, 0.25) is 0 Å². The van der Waals surface area contributed by atoms with E-state index in [0.717, 1.165) is 30.7 Å². The van der Waals surface area contributed by atoms with Crippen LogP contribution in [0.25, 0.3) is 0 Å². The maximum Gasteiger partial charge on any atom is 0.223 e. The number of hydrogen-bond donors (Lipinski definition) is 2. The molecule has 1 aromatic rings. The van der Waals surface area contributed by atoms with Crippen LogP contribution in [0.4, 0.5) is 0 Å². The van der Waals surface area contributed by atoms with Crippen LogP contribution in [0.1, 0.15) is 71.8 Å². The van der Waals surface area contributed by atoms with Gasteiger partial charge in [0.2, 0.25) is 5.91 Å². The molecule has 26 heavy (non-hydrogen) atoms. The smallest absolute Gasteiger partial charge is 0.223 e. The van der Waals surface area contributed by atoms with E-state index in [1.807, 2.05) is 19.9 Å². The average Bonchev–Trinajstić information content (AvgIpc) is 3.05. The van der Waals surface area contributed by atoms with Gasteiger partial charge in [0.1, 0.15) is 11.9 Å². The molecule has 2 N–H and O–H groups in total. The van der Waals surface area contributed by atoms with E-state index in [4.69, 9.17) is 9.26 Å². The second-order valence-electron chi connectivity index (χ2n) is 8.34. The molecule has 0 aromatic carbocycles. The third-order valence-corrected chi connectivity index (χ3v) is 5.15. The van der Waals surface area contributed by atoms with Crippen molar-refractivity contribution in [2.75, 3.05) is 6.54 Å². The highest BCUT2D eigenvalue weighted by Gasteiger charge is 2.31. The van der Waals surface area contributed by atoms with Crippen LogP contribution in [-0.2, 0) is 21.4 Å². The molecular formula is C20H34N2O4. The number of ether oxygens (including phenoxy) is 1. The Labute approximate surface area is 156 Å². The maximum absolute atomic E-state index is 12.2. The largest absolute Gasteiger partial charge is 0.390 e. The van der Waals surface area contributed by atoms with Gasteiger partial charge in [-0.3, -0.25) is 4.79 Å². The number of aliphatic hydroxyl groups excluding tert-OH is 1. The van der Waals surface area contributed by atoms with E-state index in [9.17, 15) is 9.90 Å². The van der Waals surface area contributed by atoms with Crippen molar-refractivity contribution in [2.45, 2.75) is 90.4 Å². The molecule has 0 radical (unpaired) electrons. The molecule has 2 heterocycles. The molecule has 1 aliphatic rings. The minimum absolute atomic E-state index is 0.0219. The summed E-state index contributed by atoms with van der Waals surface area (Å²) in [6.45, 7) is 10.6. The molecule has 0 saturated carbocycles. The van der Waals surface area contributed by atoms with Crippen LogP contribution in [0.5, 0.6) is 0 Å². The molecule has 148 valence electrons. The van der Waals surface area contributed by atoms with E-state index in [1.165, 1.54) is 0 Å². The highest BCUT2D eigenvalue weighted by atomic mass is 16.5. The Morgan fingerprint density at radius 1 is 1.35 bits per heavy atom. The van der Waals surface area contributed by atoms with E-state index in [1.54, 1.807) is 0 Å². The van der Waals surface area contributed by atoms with Gasteiger partial charge in [0.05, 0.1) is 17.9 Å². The third kappa shape index (κ3) is 5.55. The predicted octanol–water partition coefficient (Wildman–Crippen LogP) is 2.98. The standard InChI is InChI=1S/C20H34N2O4/c1-6-13(7-2)19(24)21-12-17-16(23)9-8-15(25-17)10-14-11-18(26-22-14)20(3,4)5/h11,13,15-17,23H,6-10,12H2,1-5H3,(H,21,24)/t15-,16-,17+/m0/s1. The number of aliphatic hydroxyl groups is 1. The van der Waals surface area contributed by atoms with Gasteiger partial charge in [0.25, 0.3) is 0 Å². The fourth-order valence-corrected chi connectivity index (χ4v) is 3.28. The second-order valence-corrected chi connectivity index (χ2v) is 8.34. The lowest BCUT2D eigenvalue weighted by atomic mass is 9.92. The van der Waals surface area contributed by atoms with Gasteiger partial charge in [-0.05, 0) is 25.7 Å². The molecule has 1 amide bonds. The number of aromatic nitrogens is 1. The first-order valence-corrected chi connectivity index (χ1v) is 9.81. The third-order valence-electron chi connectivity index (χ3n) is 5.15. The summed E-state index contributed by atoms with van der Waals surface area (Å²) in [5, 5.41) is 17.3.